The Kier molecular flexibility index (Phi) is 3.98. The van der Waals surface area contributed by atoms with Crippen LogP contribution in [-0.4, -0.2) is 26.5 Å². The number of methoxy groups -OCH3 is 1. The molecular formula is C11H16N2O. The van der Waals surface area contributed by atoms with Crippen molar-refractivity contribution in [3.63, 3.8) is 0 Å². The highest BCUT2D eigenvalue weighted by Crippen LogP contribution is 2.11. The summed E-state index contributed by atoms with van der Waals surface area (Å²) in [5, 5.41) is 3.20. The van der Waals surface area contributed by atoms with Crippen molar-refractivity contribution in [3.8, 4) is 5.75 Å². The lowest BCUT2D eigenvalue weighted by atomic mass is 10.2. The van der Waals surface area contributed by atoms with E-state index in [0.717, 1.165) is 23.7 Å². The molecule has 0 bridgehead atoms. The second-order valence-electron chi connectivity index (χ2n) is 2.83. The molecule has 0 fully saturated rings. The Bertz CT molecular complexity index is 304. The van der Waals surface area contributed by atoms with E-state index in [4.69, 9.17) is 4.74 Å². The van der Waals surface area contributed by atoms with E-state index in [-0.39, 0.29) is 0 Å². The monoisotopic (exact) mass is 192 g/mol. The summed E-state index contributed by atoms with van der Waals surface area (Å²) in [6, 6.07) is 7.84. The second kappa shape index (κ2) is 5.27. The van der Waals surface area contributed by atoms with Gasteiger partial charge in [0, 0.05) is 19.2 Å². The third-order valence-electron chi connectivity index (χ3n) is 1.93. The van der Waals surface area contributed by atoms with Gasteiger partial charge in [0.15, 0.2) is 0 Å². The number of nitrogens with zero attached hydrogens (tertiary/aromatic N) is 1. The number of nitrogens with one attached hydrogen (secondary N) is 1. The summed E-state index contributed by atoms with van der Waals surface area (Å²) in [6.45, 7) is 2.92. The smallest absolute Gasteiger partial charge is 0.127 e. The Balaban J connectivity index is 2.84. The molecule has 0 saturated carbocycles. The first kappa shape index (κ1) is 10.6. The summed E-state index contributed by atoms with van der Waals surface area (Å²) in [7, 11) is 3.44. The topological polar surface area (TPSA) is 33.6 Å². The Morgan fingerprint density at radius 2 is 2.00 bits per heavy atom. The van der Waals surface area contributed by atoms with Crippen LogP contribution in [0.1, 0.15) is 12.5 Å². The average Bonchev–Trinajstić information content (AvgIpc) is 2.26. The van der Waals surface area contributed by atoms with Crippen molar-refractivity contribution in [3.05, 3.63) is 29.8 Å². The van der Waals surface area contributed by atoms with Crippen molar-refractivity contribution in [1.82, 2.24) is 5.32 Å². The van der Waals surface area contributed by atoms with Gasteiger partial charge in [-0.05, 0) is 31.2 Å². The summed E-state index contributed by atoms with van der Waals surface area (Å²) in [6.07, 6.45) is 0. The summed E-state index contributed by atoms with van der Waals surface area (Å²) >= 11 is 0. The third-order valence-corrected chi connectivity index (χ3v) is 1.93. The Labute approximate surface area is 84.8 Å². The minimum Gasteiger partial charge on any atom is -0.497 e. The number of amidine groups is 1. The summed E-state index contributed by atoms with van der Waals surface area (Å²) in [4.78, 5) is 4.17. The molecule has 3 heteroatoms. The number of hydrogen-bond acceptors (Lipinski definition) is 2. The quantitative estimate of drug-likeness (QED) is 0.584. The Morgan fingerprint density at radius 3 is 2.43 bits per heavy atom. The molecule has 0 spiro atoms. The second-order valence-corrected chi connectivity index (χ2v) is 2.83. The number of rotatable bonds is 3. The minimum absolute atomic E-state index is 0.862. The van der Waals surface area contributed by atoms with Crippen LogP contribution < -0.4 is 10.1 Å². The molecule has 76 valence electrons. The van der Waals surface area contributed by atoms with E-state index < -0.39 is 0 Å². The van der Waals surface area contributed by atoms with Crippen LogP contribution in [0.5, 0.6) is 5.75 Å². The van der Waals surface area contributed by atoms with E-state index in [1.54, 1.807) is 14.2 Å². The van der Waals surface area contributed by atoms with E-state index in [0.29, 0.717) is 0 Å². The van der Waals surface area contributed by atoms with Crippen LogP contribution >= 0.6 is 0 Å². The molecule has 0 atom stereocenters. The lowest BCUT2D eigenvalue weighted by Gasteiger charge is -2.07. The van der Waals surface area contributed by atoms with Gasteiger partial charge in [0.25, 0.3) is 0 Å². The summed E-state index contributed by atoms with van der Waals surface area (Å²) < 4.78 is 5.08. The van der Waals surface area contributed by atoms with Crippen LogP contribution in [0.15, 0.2) is 29.3 Å². The van der Waals surface area contributed by atoms with Gasteiger partial charge >= 0.3 is 0 Å². The van der Waals surface area contributed by atoms with Gasteiger partial charge in [-0.25, -0.2) is 0 Å². The molecule has 1 aromatic carbocycles. The van der Waals surface area contributed by atoms with Crippen molar-refractivity contribution in [2.75, 3.05) is 20.7 Å². The van der Waals surface area contributed by atoms with Crippen LogP contribution in [0.25, 0.3) is 0 Å². The van der Waals surface area contributed by atoms with Crippen LogP contribution in [0.4, 0.5) is 0 Å². The first-order valence-electron chi connectivity index (χ1n) is 4.67. The Hall–Kier alpha value is -1.51. The van der Waals surface area contributed by atoms with Gasteiger partial charge in [-0.2, -0.15) is 0 Å². The van der Waals surface area contributed by atoms with Crippen molar-refractivity contribution in [2.24, 2.45) is 4.99 Å². The highest BCUT2D eigenvalue weighted by molar-refractivity contribution is 5.98. The predicted octanol–water partition coefficient (Wildman–Crippen LogP) is 1.68. The van der Waals surface area contributed by atoms with Crippen LogP contribution in [0.2, 0.25) is 0 Å². The van der Waals surface area contributed by atoms with Gasteiger partial charge < -0.3 is 10.1 Å². The van der Waals surface area contributed by atoms with Crippen molar-refractivity contribution in [2.45, 2.75) is 6.92 Å². The Morgan fingerprint density at radius 1 is 1.36 bits per heavy atom. The first-order chi connectivity index (χ1) is 6.81. The predicted molar refractivity (Wildman–Crippen MR) is 59.1 cm³/mol. The molecule has 0 aliphatic heterocycles. The molecule has 3 nitrogen and oxygen atoms in total. The third kappa shape index (κ3) is 2.49. The van der Waals surface area contributed by atoms with E-state index in [1.807, 2.05) is 24.3 Å². The fraction of sp³-hybridized carbons (Fsp3) is 0.364. The van der Waals surface area contributed by atoms with E-state index >= 15 is 0 Å². The standard InChI is InChI=1S/C11H16N2O/c1-4-13-11(12-2)9-5-7-10(14-3)8-6-9/h5-8H,4H2,1-3H3,(H,12,13). The number of benzene rings is 1. The zero-order chi connectivity index (χ0) is 10.4. The molecule has 0 aromatic heterocycles. The van der Waals surface area contributed by atoms with Gasteiger partial charge in [-0.3, -0.25) is 4.99 Å². The molecule has 1 aromatic rings. The van der Waals surface area contributed by atoms with Crippen LogP contribution in [0.3, 0.4) is 0 Å². The minimum atomic E-state index is 0.862. The van der Waals surface area contributed by atoms with Gasteiger partial charge in [0.2, 0.25) is 0 Å². The zero-order valence-corrected chi connectivity index (χ0v) is 8.87. The van der Waals surface area contributed by atoms with Crippen molar-refractivity contribution < 1.29 is 4.74 Å². The molecule has 0 aliphatic rings. The maximum Gasteiger partial charge on any atom is 0.127 e. The average molecular weight is 192 g/mol. The molecule has 0 unspecified atom stereocenters. The molecule has 0 saturated heterocycles. The van der Waals surface area contributed by atoms with Crippen molar-refractivity contribution in [1.29, 1.82) is 0 Å². The molecule has 0 radical (unpaired) electrons. The van der Waals surface area contributed by atoms with Gasteiger partial charge in [0.1, 0.15) is 11.6 Å². The van der Waals surface area contributed by atoms with Crippen LogP contribution in [0, 0.1) is 0 Å². The fourth-order valence-corrected chi connectivity index (χ4v) is 1.23. The lowest BCUT2D eigenvalue weighted by Crippen LogP contribution is -2.23. The molecule has 1 rings (SSSR count). The number of hydrogen-bond donors (Lipinski definition) is 1. The van der Waals surface area contributed by atoms with E-state index in [1.165, 1.54) is 0 Å². The SMILES string of the molecule is CCNC(=NC)c1ccc(OC)cc1. The van der Waals surface area contributed by atoms with Crippen LogP contribution in [-0.2, 0) is 0 Å². The molecule has 0 heterocycles. The fourth-order valence-electron chi connectivity index (χ4n) is 1.23. The molecular weight excluding hydrogens is 176 g/mol. The molecule has 0 amide bonds. The normalized spacial score (nSPS) is 11.2. The number of ether oxygens (including phenoxy) is 1. The highest BCUT2D eigenvalue weighted by atomic mass is 16.5. The molecule has 1 N–H and O–H groups in total. The zero-order valence-electron chi connectivity index (χ0n) is 8.87. The summed E-state index contributed by atoms with van der Waals surface area (Å²) in [5.41, 5.74) is 1.08. The first-order valence-corrected chi connectivity index (χ1v) is 4.67. The molecule has 0 aliphatic carbocycles. The number of aliphatic imine (C=N–C) groups is 1. The van der Waals surface area contributed by atoms with E-state index in [2.05, 4.69) is 17.2 Å². The van der Waals surface area contributed by atoms with Gasteiger partial charge in [0.05, 0.1) is 7.11 Å². The van der Waals surface area contributed by atoms with Gasteiger partial charge in [-0.15, -0.1) is 0 Å². The lowest BCUT2D eigenvalue weighted by molar-refractivity contribution is 0.415. The van der Waals surface area contributed by atoms with Crippen molar-refractivity contribution >= 4 is 5.84 Å². The highest BCUT2D eigenvalue weighted by Gasteiger charge is 2.00. The maximum atomic E-state index is 5.08. The summed E-state index contributed by atoms with van der Waals surface area (Å²) in [5.74, 6) is 1.77. The largest absolute Gasteiger partial charge is 0.497 e. The van der Waals surface area contributed by atoms with Gasteiger partial charge in [-0.1, -0.05) is 0 Å². The maximum absolute atomic E-state index is 5.08. The van der Waals surface area contributed by atoms with E-state index in [9.17, 15) is 0 Å². The molecule has 14 heavy (non-hydrogen) atoms.